The predicted octanol–water partition coefficient (Wildman–Crippen LogP) is 1.08. The summed E-state index contributed by atoms with van der Waals surface area (Å²) in [6, 6.07) is 2.65. The molecule has 0 atom stereocenters. The molecule has 0 aliphatic heterocycles. The van der Waals surface area contributed by atoms with E-state index in [1.165, 1.54) is 12.1 Å². The molecule has 1 aromatic carbocycles. The third kappa shape index (κ3) is 0.978. The van der Waals surface area contributed by atoms with Crippen molar-refractivity contribution in [1.82, 2.24) is 0 Å². The maximum Gasteiger partial charge on any atom is 0.141 e. The monoisotopic (exact) mass is 165 g/mol. The predicted molar refractivity (Wildman–Crippen MR) is 43.2 cm³/mol. The average Bonchev–Trinajstić information content (AvgIpc) is 2.29. The quantitative estimate of drug-likeness (QED) is 0.584. The second-order valence-electron chi connectivity index (χ2n) is 3.02. The number of halogens is 1. The Morgan fingerprint density at radius 3 is 2.83 bits per heavy atom. The molecular formula is C9H8FNO. The van der Waals surface area contributed by atoms with Crippen molar-refractivity contribution in [3.63, 3.8) is 0 Å². The summed E-state index contributed by atoms with van der Waals surface area (Å²) in [4.78, 5) is 11.0. The van der Waals surface area contributed by atoms with Gasteiger partial charge in [-0.25, -0.2) is 4.39 Å². The van der Waals surface area contributed by atoms with E-state index in [2.05, 4.69) is 0 Å². The summed E-state index contributed by atoms with van der Waals surface area (Å²) in [5, 5.41) is 0. The molecule has 0 aromatic heterocycles. The number of nitrogen functional groups attached to an aromatic ring is 1. The Labute approximate surface area is 69.2 Å². The molecule has 2 rings (SSSR count). The van der Waals surface area contributed by atoms with Gasteiger partial charge < -0.3 is 5.73 Å². The fraction of sp³-hybridized carbons (Fsp3) is 0.222. The number of rotatable bonds is 0. The summed E-state index contributed by atoms with van der Waals surface area (Å²) in [5.41, 5.74) is 7.50. The molecule has 0 amide bonds. The Morgan fingerprint density at radius 2 is 2.08 bits per heavy atom. The van der Waals surface area contributed by atoms with Gasteiger partial charge in [-0.15, -0.1) is 0 Å². The van der Waals surface area contributed by atoms with Gasteiger partial charge in [-0.3, -0.25) is 4.79 Å². The second-order valence-corrected chi connectivity index (χ2v) is 3.02. The van der Waals surface area contributed by atoms with Crippen LogP contribution in [0, 0.1) is 5.82 Å². The average molecular weight is 165 g/mol. The van der Waals surface area contributed by atoms with Gasteiger partial charge in [0.2, 0.25) is 0 Å². The van der Waals surface area contributed by atoms with E-state index in [0.29, 0.717) is 18.5 Å². The number of nitrogens with two attached hydrogens (primary N) is 1. The van der Waals surface area contributed by atoms with E-state index in [1.54, 1.807) is 0 Å². The van der Waals surface area contributed by atoms with Crippen molar-refractivity contribution in [2.45, 2.75) is 12.8 Å². The van der Waals surface area contributed by atoms with Crippen molar-refractivity contribution in [2.75, 3.05) is 5.73 Å². The Balaban J connectivity index is 2.59. The summed E-state index contributed by atoms with van der Waals surface area (Å²) in [5.74, 6) is -0.247. The lowest BCUT2D eigenvalue weighted by atomic mass is 10.1. The molecule has 1 aliphatic rings. The molecule has 0 saturated carbocycles. The number of benzene rings is 1. The van der Waals surface area contributed by atoms with E-state index in [0.717, 1.165) is 11.1 Å². The molecule has 0 radical (unpaired) electrons. The van der Waals surface area contributed by atoms with Gasteiger partial charge in [0.15, 0.2) is 0 Å². The van der Waals surface area contributed by atoms with Crippen LogP contribution in [-0.2, 0) is 17.6 Å². The summed E-state index contributed by atoms with van der Waals surface area (Å²) in [6.07, 6.45) is 0.693. The van der Waals surface area contributed by atoms with Crippen molar-refractivity contribution in [3.8, 4) is 0 Å². The number of fused-ring (bicyclic) bond motifs is 1. The van der Waals surface area contributed by atoms with Gasteiger partial charge in [-0.05, 0) is 23.3 Å². The Kier molecular flexibility index (Phi) is 1.40. The molecular weight excluding hydrogens is 157 g/mol. The zero-order chi connectivity index (χ0) is 8.72. The fourth-order valence-corrected chi connectivity index (χ4v) is 1.56. The summed E-state index contributed by atoms with van der Waals surface area (Å²) >= 11 is 0. The zero-order valence-corrected chi connectivity index (χ0v) is 6.43. The van der Waals surface area contributed by atoms with Crippen molar-refractivity contribution >= 4 is 11.5 Å². The Bertz CT molecular complexity index is 360. The minimum Gasteiger partial charge on any atom is -0.398 e. The van der Waals surface area contributed by atoms with Gasteiger partial charge in [0, 0.05) is 18.5 Å². The number of carbonyl (C=O) groups is 1. The number of hydrogen-bond acceptors (Lipinski definition) is 2. The summed E-state index contributed by atoms with van der Waals surface area (Å²) in [7, 11) is 0. The van der Waals surface area contributed by atoms with E-state index in [-0.39, 0.29) is 11.6 Å². The maximum atomic E-state index is 12.8. The smallest absolute Gasteiger partial charge is 0.141 e. The van der Waals surface area contributed by atoms with E-state index in [4.69, 9.17) is 5.73 Å². The maximum absolute atomic E-state index is 12.8. The first kappa shape index (κ1) is 7.28. The number of anilines is 1. The molecule has 0 spiro atoms. The van der Waals surface area contributed by atoms with Crippen molar-refractivity contribution < 1.29 is 9.18 Å². The second kappa shape index (κ2) is 2.30. The molecule has 1 aliphatic carbocycles. The minimum atomic E-state index is -0.360. The van der Waals surface area contributed by atoms with Crippen LogP contribution in [-0.4, -0.2) is 5.78 Å². The van der Waals surface area contributed by atoms with Gasteiger partial charge in [-0.1, -0.05) is 0 Å². The van der Waals surface area contributed by atoms with Gasteiger partial charge in [-0.2, -0.15) is 0 Å². The summed E-state index contributed by atoms with van der Waals surface area (Å²) in [6.45, 7) is 0. The van der Waals surface area contributed by atoms with Crippen LogP contribution in [0.15, 0.2) is 12.1 Å². The van der Waals surface area contributed by atoms with Crippen molar-refractivity contribution in [3.05, 3.63) is 29.1 Å². The molecule has 0 saturated heterocycles. The first-order valence-electron chi connectivity index (χ1n) is 3.75. The van der Waals surface area contributed by atoms with Gasteiger partial charge in [0.1, 0.15) is 11.6 Å². The highest BCUT2D eigenvalue weighted by Crippen LogP contribution is 2.26. The van der Waals surface area contributed by atoms with Crippen LogP contribution in [0.4, 0.5) is 10.1 Å². The topological polar surface area (TPSA) is 43.1 Å². The standard InChI is InChI=1S/C9H8FNO/c10-6-1-5-2-7(12)4-8(5)9(11)3-6/h1,3H,2,4,11H2. The van der Waals surface area contributed by atoms with E-state index in [9.17, 15) is 9.18 Å². The number of Topliss-reactive ketones (excluding diaryl/α,β-unsaturated/α-hetero) is 1. The molecule has 1 aromatic rings. The van der Waals surface area contributed by atoms with Crippen LogP contribution in [0.2, 0.25) is 0 Å². The van der Waals surface area contributed by atoms with Crippen molar-refractivity contribution in [2.24, 2.45) is 0 Å². The van der Waals surface area contributed by atoms with Gasteiger partial charge in [0.05, 0.1) is 0 Å². The SMILES string of the molecule is Nc1cc(F)cc2c1CC(=O)C2. The number of hydrogen-bond donors (Lipinski definition) is 1. The lowest BCUT2D eigenvalue weighted by Crippen LogP contribution is -1.95. The van der Waals surface area contributed by atoms with Crippen LogP contribution >= 0.6 is 0 Å². The number of ketones is 1. The molecule has 62 valence electrons. The molecule has 0 unspecified atom stereocenters. The minimum absolute atomic E-state index is 0.113. The molecule has 0 bridgehead atoms. The van der Waals surface area contributed by atoms with Crippen LogP contribution < -0.4 is 5.73 Å². The molecule has 2 N–H and O–H groups in total. The largest absolute Gasteiger partial charge is 0.398 e. The molecule has 12 heavy (non-hydrogen) atoms. The third-order valence-electron chi connectivity index (χ3n) is 2.10. The highest BCUT2D eigenvalue weighted by molar-refractivity contribution is 5.90. The van der Waals surface area contributed by atoms with Gasteiger partial charge in [0.25, 0.3) is 0 Å². The third-order valence-corrected chi connectivity index (χ3v) is 2.10. The summed E-state index contributed by atoms with van der Waals surface area (Å²) < 4.78 is 12.8. The molecule has 2 nitrogen and oxygen atoms in total. The Morgan fingerprint density at radius 1 is 1.33 bits per heavy atom. The lowest BCUT2D eigenvalue weighted by molar-refractivity contribution is -0.117. The first-order chi connectivity index (χ1) is 5.66. The lowest BCUT2D eigenvalue weighted by Gasteiger charge is -2.01. The zero-order valence-electron chi connectivity index (χ0n) is 6.43. The van der Waals surface area contributed by atoms with Crippen LogP contribution in [0.25, 0.3) is 0 Å². The van der Waals surface area contributed by atoms with Crippen molar-refractivity contribution in [1.29, 1.82) is 0 Å². The van der Waals surface area contributed by atoms with Gasteiger partial charge >= 0.3 is 0 Å². The van der Waals surface area contributed by atoms with E-state index >= 15 is 0 Å². The van der Waals surface area contributed by atoms with Crippen LogP contribution in [0.5, 0.6) is 0 Å². The first-order valence-corrected chi connectivity index (χ1v) is 3.75. The van der Waals surface area contributed by atoms with E-state index in [1.807, 2.05) is 0 Å². The van der Waals surface area contributed by atoms with Crippen LogP contribution in [0.3, 0.4) is 0 Å². The highest BCUT2D eigenvalue weighted by Gasteiger charge is 2.21. The highest BCUT2D eigenvalue weighted by atomic mass is 19.1. The molecule has 0 heterocycles. The molecule has 3 heteroatoms. The van der Waals surface area contributed by atoms with E-state index < -0.39 is 0 Å². The van der Waals surface area contributed by atoms with Crippen LogP contribution in [0.1, 0.15) is 11.1 Å². The normalized spacial score (nSPS) is 14.9. The Hall–Kier alpha value is -1.38. The molecule has 0 fully saturated rings. The fourth-order valence-electron chi connectivity index (χ4n) is 1.56. The number of carbonyl (C=O) groups excluding carboxylic acids is 1.